The average molecular weight is 797 g/mol. The summed E-state index contributed by atoms with van der Waals surface area (Å²) in [6, 6.07) is 3.93. The molecule has 0 radical (unpaired) electrons. The highest BCUT2D eigenvalue weighted by Crippen LogP contribution is 2.29. The standard InChI is InChI=1S/C17H32O4.C15H22N2O5.C12H26O/c1-3-5-11-20-13-7-9-16(18)15-17(19)10-8-14-21-12-6-4-2;1-12(2)6-4-10-22-11-5-7-13-14(16(18)19)8-3-9-15(13)17(20)21;1-4-5-7-10-13-11-8-6-9-12(2)3/h3-15H2,1-2H3;3,8-9,12H,4-7,10-11H2,1-2H3;12H,4-11H2,1-3H3. The predicted octanol–water partition coefficient (Wildman–Crippen LogP) is 11.6. The summed E-state index contributed by atoms with van der Waals surface area (Å²) in [5.74, 6) is 1.55. The highest BCUT2D eigenvalue weighted by Gasteiger charge is 2.23. The van der Waals surface area contributed by atoms with Crippen LogP contribution in [0.5, 0.6) is 0 Å². The van der Waals surface area contributed by atoms with E-state index in [0.29, 0.717) is 51.6 Å². The summed E-state index contributed by atoms with van der Waals surface area (Å²) in [5, 5.41) is 22.0. The van der Waals surface area contributed by atoms with Crippen LogP contribution in [-0.2, 0) is 35.0 Å². The van der Waals surface area contributed by atoms with Gasteiger partial charge in [0.1, 0.15) is 17.1 Å². The normalized spacial score (nSPS) is 10.9. The molecule has 0 amide bonds. The Morgan fingerprint density at radius 1 is 0.536 bits per heavy atom. The van der Waals surface area contributed by atoms with Crippen molar-refractivity contribution in [3.63, 3.8) is 0 Å². The fraction of sp³-hybridized carbons (Fsp3) is 0.818. The van der Waals surface area contributed by atoms with E-state index in [1.807, 2.05) is 0 Å². The van der Waals surface area contributed by atoms with Crippen molar-refractivity contribution >= 4 is 22.9 Å². The first-order valence-corrected chi connectivity index (χ1v) is 21.7. The molecular weight excluding hydrogens is 716 g/mol. The lowest BCUT2D eigenvalue weighted by molar-refractivity contribution is -0.395. The molecule has 56 heavy (non-hydrogen) atoms. The Morgan fingerprint density at radius 2 is 0.911 bits per heavy atom. The molecule has 0 saturated carbocycles. The molecule has 0 aliphatic heterocycles. The van der Waals surface area contributed by atoms with Crippen molar-refractivity contribution < 1.29 is 38.4 Å². The van der Waals surface area contributed by atoms with Crippen LogP contribution >= 0.6 is 0 Å². The van der Waals surface area contributed by atoms with Crippen LogP contribution in [0.3, 0.4) is 0 Å². The molecule has 0 aliphatic carbocycles. The van der Waals surface area contributed by atoms with Crippen LogP contribution in [0, 0.1) is 32.1 Å². The summed E-state index contributed by atoms with van der Waals surface area (Å²) < 4.78 is 21.8. The van der Waals surface area contributed by atoms with E-state index >= 15 is 0 Å². The first-order chi connectivity index (χ1) is 26.9. The first kappa shape index (κ1) is 55.3. The van der Waals surface area contributed by atoms with E-state index in [2.05, 4.69) is 48.5 Å². The van der Waals surface area contributed by atoms with E-state index in [1.165, 1.54) is 56.7 Å². The number of Topliss-reactive ketones (excluding diaryl/α,β-unsaturated/α-hetero) is 2. The number of hydrogen-bond donors (Lipinski definition) is 0. The number of carbonyl (C=O) groups excluding carboxylic acids is 2. The van der Waals surface area contributed by atoms with Crippen LogP contribution in [0.4, 0.5) is 11.4 Å². The molecule has 12 heteroatoms. The molecule has 0 aromatic heterocycles. The third-order valence-electron chi connectivity index (χ3n) is 8.69. The second-order valence-corrected chi connectivity index (χ2v) is 15.1. The van der Waals surface area contributed by atoms with Crippen molar-refractivity contribution in [3.05, 3.63) is 44.0 Å². The van der Waals surface area contributed by atoms with Gasteiger partial charge in [0.15, 0.2) is 0 Å². The molecule has 0 unspecified atom stereocenters. The van der Waals surface area contributed by atoms with Crippen molar-refractivity contribution in [1.29, 1.82) is 0 Å². The number of ether oxygens (including phenoxy) is 4. The van der Waals surface area contributed by atoms with Crippen LogP contribution in [0.2, 0.25) is 0 Å². The van der Waals surface area contributed by atoms with E-state index < -0.39 is 9.85 Å². The molecule has 0 bridgehead atoms. The maximum Gasteiger partial charge on any atom is 0.279 e. The summed E-state index contributed by atoms with van der Waals surface area (Å²) in [6.07, 6.45) is 17.4. The van der Waals surface area contributed by atoms with Gasteiger partial charge in [0, 0.05) is 77.8 Å². The van der Waals surface area contributed by atoms with Crippen molar-refractivity contribution in [2.24, 2.45) is 11.8 Å². The summed E-state index contributed by atoms with van der Waals surface area (Å²) >= 11 is 0. The van der Waals surface area contributed by atoms with Crippen LogP contribution in [0.1, 0.15) is 170 Å². The van der Waals surface area contributed by atoms with Gasteiger partial charge in [-0.2, -0.15) is 0 Å². The monoisotopic (exact) mass is 797 g/mol. The first-order valence-electron chi connectivity index (χ1n) is 21.7. The Balaban J connectivity index is 0. The quantitative estimate of drug-likeness (QED) is 0.0280. The second kappa shape index (κ2) is 40.4. The number of ketones is 2. The van der Waals surface area contributed by atoms with E-state index in [9.17, 15) is 29.8 Å². The van der Waals surface area contributed by atoms with Crippen LogP contribution in [0.25, 0.3) is 0 Å². The summed E-state index contributed by atoms with van der Waals surface area (Å²) in [5.41, 5.74) is -0.230. The highest BCUT2D eigenvalue weighted by molar-refractivity contribution is 5.98. The molecule has 0 spiro atoms. The molecule has 1 aromatic rings. The lowest BCUT2D eigenvalue weighted by atomic mass is 10.1. The second-order valence-electron chi connectivity index (χ2n) is 15.1. The van der Waals surface area contributed by atoms with Gasteiger partial charge in [0.2, 0.25) is 0 Å². The maximum atomic E-state index is 11.6. The number of rotatable bonds is 35. The molecule has 0 saturated heterocycles. The van der Waals surface area contributed by atoms with E-state index in [4.69, 9.17) is 18.9 Å². The molecule has 0 aliphatic rings. The van der Waals surface area contributed by atoms with E-state index in [0.717, 1.165) is 83.7 Å². The lowest BCUT2D eigenvalue weighted by Gasteiger charge is -2.07. The Hall–Kier alpha value is -2.80. The minimum atomic E-state index is -0.578. The van der Waals surface area contributed by atoms with Gasteiger partial charge in [-0.25, -0.2) is 0 Å². The van der Waals surface area contributed by atoms with Gasteiger partial charge < -0.3 is 18.9 Å². The van der Waals surface area contributed by atoms with Crippen molar-refractivity contribution in [3.8, 4) is 0 Å². The largest absolute Gasteiger partial charge is 0.381 e. The smallest absolute Gasteiger partial charge is 0.279 e. The average Bonchev–Trinajstić information content (AvgIpc) is 3.15. The molecule has 0 atom stereocenters. The van der Waals surface area contributed by atoms with Gasteiger partial charge in [-0.05, 0) is 82.1 Å². The highest BCUT2D eigenvalue weighted by atomic mass is 16.6. The van der Waals surface area contributed by atoms with Crippen molar-refractivity contribution in [1.82, 2.24) is 0 Å². The molecule has 1 aromatic carbocycles. The van der Waals surface area contributed by atoms with Crippen LogP contribution < -0.4 is 0 Å². The van der Waals surface area contributed by atoms with Gasteiger partial charge in [-0.15, -0.1) is 0 Å². The Kier molecular flexibility index (Phi) is 39.9. The number of nitrogens with zero attached hydrogens (tertiary/aromatic N) is 2. The number of nitro groups is 2. The maximum absolute atomic E-state index is 11.6. The zero-order chi connectivity index (χ0) is 42.2. The van der Waals surface area contributed by atoms with E-state index in [1.54, 1.807) is 0 Å². The summed E-state index contributed by atoms with van der Waals surface area (Å²) in [6.45, 7) is 21.1. The van der Waals surface area contributed by atoms with Crippen LogP contribution in [0.15, 0.2) is 18.2 Å². The van der Waals surface area contributed by atoms with Gasteiger partial charge >= 0.3 is 0 Å². The fourth-order valence-corrected chi connectivity index (χ4v) is 5.36. The topological polar surface area (TPSA) is 157 Å². The van der Waals surface area contributed by atoms with Gasteiger partial charge in [-0.3, -0.25) is 29.8 Å². The number of unbranched alkanes of at least 4 members (excludes halogenated alkanes) is 5. The zero-order valence-electron chi connectivity index (χ0n) is 36.5. The Labute approximate surface area is 339 Å². The number of carbonyl (C=O) groups is 2. The molecular formula is C44H80N2O10. The SMILES string of the molecule is CC(C)CCCOCCCc1c([N+](=O)[O-])cccc1[N+](=O)[O-].CCCCCOCCCCC(C)C.CCCCOCCCC(=O)CC(=O)CCCOCCCC. The molecule has 0 heterocycles. The molecule has 1 rings (SSSR count). The Bertz CT molecular complexity index is 1060. The molecule has 12 nitrogen and oxygen atoms in total. The third-order valence-corrected chi connectivity index (χ3v) is 8.69. The minimum absolute atomic E-state index is 0.0333. The van der Waals surface area contributed by atoms with Crippen molar-refractivity contribution in [2.45, 2.75) is 170 Å². The third kappa shape index (κ3) is 36.8. The lowest BCUT2D eigenvalue weighted by Crippen LogP contribution is -2.10. The van der Waals surface area contributed by atoms with Gasteiger partial charge in [-0.1, -0.05) is 87.0 Å². The number of nitro benzene ring substituents is 2. The van der Waals surface area contributed by atoms with Crippen LogP contribution in [-0.4, -0.2) is 74.3 Å². The van der Waals surface area contributed by atoms with Gasteiger partial charge in [0.05, 0.1) is 16.3 Å². The van der Waals surface area contributed by atoms with E-state index in [-0.39, 0.29) is 41.3 Å². The molecule has 326 valence electrons. The Morgan fingerprint density at radius 3 is 1.34 bits per heavy atom. The summed E-state index contributed by atoms with van der Waals surface area (Å²) in [7, 11) is 0. The molecule has 0 fully saturated rings. The fourth-order valence-electron chi connectivity index (χ4n) is 5.36. The summed E-state index contributed by atoms with van der Waals surface area (Å²) in [4.78, 5) is 44.0. The minimum Gasteiger partial charge on any atom is -0.381 e. The number of benzene rings is 1. The number of hydrogen-bond acceptors (Lipinski definition) is 10. The van der Waals surface area contributed by atoms with Crippen molar-refractivity contribution in [2.75, 3.05) is 52.9 Å². The zero-order valence-corrected chi connectivity index (χ0v) is 36.5. The molecule has 0 N–H and O–H groups in total. The van der Waals surface area contributed by atoms with Gasteiger partial charge in [0.25, 0.3) is 11.4 Å². The predicted molar refractivity (Wildman–Crippen MR) is 227 cm³/mol.